The second-order valence-corrected chi connectivity index (χ2v) is 6.26. The van der Waals surface area contributed by atoms with Gasteiger partial charge >= 0.3 is 0 Å². The van der Waals surface area contributed by atoms with Crippen molar-refractivity contribution in [2.45, 2.75) is 51.5 Å². The van der Waals surface area contributed by atoms with Gasteiger partial charge in [0.15, 0.2) is 0 Å². The van der Waals surface area contributed by atoms with Gasteiger partial charge in [-0.25, -0.2) is 0 Å². The van der Waals surface area contributed by atoms with Crippen molar-refractivity contribution in [2.75, 3.05) is 26.7 Å². The van der Waals surface area contributed by atoms with E-state index >= 15 is 0 Å². The molecule has 1 amide bonds. The lowest BCUT2D eigenvalue weighted by molar-refractivity contribution is -0.130. The number of carbonyl (C=O) groups excluding carboxylic acids is 1. The smallest absolute Gasteiger partial charge is 0.223 e. The highest BCUT2D eigenvalue weighted by Crippen LogP contribution is 2.19. The van der Waals surface area contributed by atoms with Crippen LogP contribution in [0.25, 0.3) is 0 Å². The van der Waals surface area contributed by atoms with Gasteiger partial charge < -0.3 is 4.90 Å². The van der Waals surface area contributed by atoms with Crippen molar-refractivity contribution >= 4 is 5.91 Å². The number of aromatic nitrogens is 1. The Balaban J connectivity index is 1.71. The quantitative estimate of drug-likeness (QED) is 0.777. The van der Waals surface area contributed by atoms with Crippen molar-refractivity contribution in [3.05, 3.63) is 30.1 Å². The van der Waals surface area contributed by atoms with Crippen molar-refractivity contribution in [3.63, 3.8) is 0 Å². The molecule has 0 spiro atoms. The molecule has 4 heteroatoms. The Morgan fingerprint density at radius 3 is 2.86 bits per heavy atom. The minimum absolute atomic E-state index is 0.259. The van der Waals surface area contributed by atoms with Crippen LogP contribution in [0.5, 0.6) is 0 Å². The zero-order valence-corrected chi connectivity index (χ0v) is 14.0. The molecule has 4 nitrogen and oxygen atoms in total. The van der Waals surface area contributed by atoms with Crippen LogP contribution in [0.3, 0.4) is 0 Å². The van der Waals surface area contributed by atoms with E-state index in [1.165, 1.54) is 31.2 Å². The second kappa shape index (κ2) is 8.89. The molecule has 1 atom stereocenters. The first-order chi connectivity index (χ1) is 10.7. The Morgan fingerprint density at radius 2 is 2.14 bits per heavy atom. The Bertz CT molecular complexity index is 449. The molecule has 2 rings (SSSR count). The third kappa shape index (κ3) is 5.09. The molecule has 1 aliphatic heterocycles. The van der Waals surface area contributed by atoms with Crippen LogP contribution in [0, 0.1) is 0 Å². The summed E-state index contributed by atoms with van der Waals surface area (Å²) in [5.41, 5.74) is 1.23. The maximum atomic E-state index is 12.3. The maximum Gasteiger partial charge on any atom is 0.223 e. The summed E-state index contributed by atoms with van der Waals surface area (Å²) < 4.78 is 0. The number of likely N-dealkylation sites (tertiary alicyclic amines) is 1. The van der Waals surface area contributed by atoms with E-state index in [9.17, 15) is 4.79 Å². The number of carbonyl (C=O) groups is 1. The van der Waals surface area contributed by atoms with E-state index < -0.39 is 0 Å². The molecule has 0 saturated carbocycles. The largest absolute Gasteiger partial charge is 0.345 e. The number of rotatable bonds is 7. The molecule has 1 aliphatic rings. The zero-order valence-electron chi connectivity index (χ0n) is 14.0. The van der Waals surface area contributed by atoms with Gasteiger partial charge in [0.1, 0.15) is 0 Å². The number of amides is 1. The first kappa shape index (κ1) is 16.9. The fourth-order valence-corrected chi connectivity index (χ4v) is 3.22. The van der Waals surface area contributed by atoms with Crippen molar-refractivity contribution in [1.29, 1.82) is 0 Å². The number of pyridine rings is 1. The number of hydrogen-bond acceptors (Lipinski definition) is 3. The lowest BCUT2D eigenvalue weighted by Gasteiger charge is -2.35. The van der Waals surface area contributed by atoms with Gasteiger partial charge in [-0.05, 0) is 49.9 Å². The second-order valence-electron chi connectivity index (χ2n) is 6.26. The van der Waals surface area contributed by atoms with Crippen LogP contribution in [-0.4, -0.2) is 53.4 Å². The van der Waals surface area contributed by atoms with Crippen molar-refractivity contribution in [2.24, 2.45) is 0 Å². The zero-order chi connectivity index (χ0) is 15.8. The van der Waals surface area contributed by atoms with Crippen LogP contribution >= 0.6 is 0 Å². The van der Waals surface area contributed by atoms with Crippen LogP contribution in [-0.2, 0) is 11.2 Å². The Hall–Kier alpha value is -1.42. The van der Waals surface area contributed by atoms with Crippen molar-refractivity contribution in [3.8, 4) is 0 Å². The number of likely N-dealkylation sites (N-methyl/N-ethyl adjacent to an activating group) is 1. The Morgan fingerprint density at radius 1 is 1.36 bits per heavy atom. The minimum Gasteiger partial charge on any atom is -0.345 e. The standard InChI is InChI=1S/C18H29N3O/c1-3-17-6-4-5-13-21(17)15-10-18(22)20(2)14-9-16-7-11-19-12-8-16/h7-8,11-12,17H,3-6,9-10,13-15H2,1-2H3. The fourth-order valence-electron chi connectivity index (χ4n) is 3.22. The molecule has 0 radical (unpaired) electrons. The van der Waals surface area contributed by atoms with Gasteiger partial charge in [-0.2, -0.15) is 0 Å². The van der Waals surface area contributed by atoms with Crippen molar-refractivity contribution < 1.29 is 4.79 Å². The van der Waals surface area contributed by atoms with Crippen molar-refractivity contribution in [1.82, 2.24) is 14.8 Å². The molecule has 122 valence electrons. The normalized spacial score (nSPS) is 19.1. The Kier molecular flexibility index (Phi) is 6.84. The highest BCUT2D eigenvalue weighted by Gasteiger charge is 2.21. The number of piperidine rings is 1. The molecule has 0 aliphatic carbocycles. The summed E-state index contributed by atoms with van der Waals surface area (Å²) in [5.74, 6) is 0.259. The predicted octanol–water partition coefficient (Wildman–Crippen LogP) is 2.74. The van der Waals surface area contributed by atoms with Crippen LogP contribution in [0.1, 0.15) is 44.6 Å². The highest BCUT2D eigenvalue weighted by molar-refractivity contribution is 5.76. The van der Waals surface area contributed by atoms with Crippen LogP contribution in [0.4, 0.5) is 0 Å². The summed E-state index contributed by atoms with van der Waals surface area (Å²) >= 11 is 0. The van der Waals surface area contributed by atoms with Gasteiger partial charge in [0.05, 0.1) is 0 Å². The molecule has 0 aromatic carbocycles. The Labute approximate surface area is 134 Å². The van der Waals surface area contributed by atoms with Gasteiger partial charge in [0.2, 0.25) is 5.91 Å². The first-order valence-corrected chi connectivity index (χ1v) is 8.57. The van der Waals surface area contributed by atoms with E-state index in [0.29, 0.717) is 12.5 Å². The molecule has 1 unspecified atom stereocenters. The lowest BCUT2D eigenvalue weighted by atomic mass is 10.00. The molecule has 1 saturated heterocycles. The molecule has 1 aromatic rings. The summed E-state index contributed by atoms with van der Waals surface area (Å²) in [7, 11) is 1.91. The van der Waals surface area contributed by atoms with Crippen LogP contribution in [0.2, 0.25) is 0 Å². The summed E-state index contributed by atoms with van der Waals surface area (Å²) in [5, 5.41) is 0. The predicted molar refractivity (Wildman–Crippen MR) is 89.7 cm³/mol. The van der Waals surface area contributed by atoms with Crippen LogP contribution < -0.4 is 0 Å². The molecule has 0 N–H and O–H groups in total. The summed E-state index contributed by atoms with van der Waals surface area (Å²) in [6.07, 6.45) is 10.3. The maximum absolute atomic E-state index is 12.3. The molecular formula is C18H29N3O. The third-order valence-electron chi connectivity index (χ3n) is 4.74. The monoisotopic (exact) mass is 303 g/mol. The fraction of sp³-hybridized carbons (Fsp3) is 0.667. The van der Waals surface area contributed by atoms with Gasteiger partial charge in [-0.1, -0.05) is 13.3 Å². The van der Waals surface area contributed by atoms with E-state index in [-0.39, 0.29) is 5.91 Å². The van der Waals surface area contributed by atoms with E-state index in [1.54, 1.807) is 12.4 Å². The van der Waals surface area contributed by atoms with Gasteiger partial charge in [-0.15, -0.1) is 0 Å². The molecule has 0 bridgehead atoms. The van der Waals surface area contributed by atoms with E-state index in [0.717, 1.165) is 26.1 Å². The summed E-state index contributed by atoms with van der Waals surface area (Å²) in [6.45, 7) is 5.11. The molecule has 1 fully saturated rings. The summed E-state index contributed by atoms with van der Waals surface area (Å²) in [6, 6.07) is 4.71. The minimum atomic E-state index is 0.259. The van der Waals surface area contributed by atoms with Crippen LogP contribution in [0.15, 0.2) is 24.5 Å². The molecule has 22 heavy (non-hydrogen) atoms. The van der Waals surface area contributed by atoms with Gasteiger partial charge in [0.25, 0.3) is 0 Å². The average molecular weight is 303 g/mol. The third-order valence-corrected chi connectivity index (χ3v) is 4.74. The SMILES string of the molecule is CCC1CCCCN1CCC(=O)N(C)CCc1ccncc1. The molecule has 1 aromatic heterocycles. The van der Waals surface area contributed by atoms with E-state index in [2.05, 4.69) is 16.8 Å². The van der Waals surface area contributed by atoms with Gasteiger partial charge in [-0.3, -0.25) is 14.7 Å². The van der Waals surface area contributed by atoms with E-state index in [1.807, 2.05) is 24.1 Å². The molecular weight excluding hydrogens is 274 g/mol. The van der Waals surface area contributed by atoms with E-state index in [4.69, 9.17) is 0 Å². The lowest BCUT2D eigenvalue weighted by Crippen LogP contribution is -2.41. The topological polar surface area (TPSA) is 36.4 Å². The summed E-state index contributed by atoms with van der Waals surface area (Å²) in [4.78, 5) is 20.7. The average Bonchev–Trinajstić information content (AvgIpc) is 2.58. The number of hydrogen-bond donors (Lipinski definition) is 0. The number of nitrogens with zero attached hydrogens (tertiary/aromatic N) is 3. The molecule has 2 heterocycles. The highest BCUT2D eigenvalue weighted by atomic mass is 16.2. The van der Waals surface area contributed by atoms with Gasteiger partial charge in [0, 0.05) is 45.0 Å². The first-order valence-electron chi connectivity index (χ1n) is 8.57.